The van der Waals surface area contributed by atoms with Crippen molar-refractivity contribution in [1.82, 2.24) is 9.55 Å². The Labute approximate surface area is 300 Å². The van der Waals surface area contributed by atoms with E-state index in [-0.39, 0.29) is 0 Å². The molecule has 3 aromatic heterocycles. The summed E-state index contributed by atoms with van der Waals surface area (Å²) in [4.78, 5) is 9.10. The first-order chi connectivity index (χ1) is 25.7. The molecule has 242 valence electrons. The van der Waals surface area contributed by atoms with Crippen LogP contribution >= 0.6 is 0 Å². The molecule has 4 nitrogen and oxygen atoms in total. The van der Waals surface area contributed by atoms with E-state index < -0.39 is 0 Å². The summed E-state index contributed by atoms with van der Waals surface area (Å²) in [6.07, 6.45) is 0. The Morgan fingerprint density at radius 1 is 0.481 bits per heavy atom. The maximum Gasteiger partial charge on any atom is 0.194 e. The molecule has 3 heterocycles. The van der Waals surface area contributed by atoms with Gasteiger partial charge >= 0.3 is 0 Å². The number of para-hydroxylation sites is 3. The fraction of sp³-hybridized carbons (Fsp3) is 0. The molecule has 10 aromatic rings. The van der Waals surface area contributed by atoms with Crippen molar-refractivity contribution in [3.05, 3.63) is 187 Å². The van der Waals surface area contributed by atoms with Gasteiger partial charge < -0.3 is 8.98 Å². The fourth-order valence-electron chi connectivity index (χ4n) is 7.62. The van der Waals surface area contributed by atoms with Crippen molar-refractivity contribution < 1.29 is 4.42 Å². The van der Waals surface area contributed by atoms with Gasteiger partial charge in [-0.05, 0) is 76.9 Å². The van der Waals surface area contributed by atoms with Gasteiger partial charge in [-0.1, -0.05) is 121 Å². The van der Waals surface area contributed by atoms with Gasteiger partial charge in [0.25, 0.3) is 0 Å². The van der Waals surface area contributed by atoms with Gasteiger partial charge in [0, 0.05) is 33.0 Å². The molecule has 7 aromatic carbocycles. The van der Waals surface area contributed by atoms with Crippen LogP contribution < -0.4 is 0 Å². The number of rotatable bonds is 5. The predicted molar refractivity (Wildman–Crippen MR) is 214 cm³/mol. The first kappa shape index (κ1) is 29.7. The molecular weight excluding hydrogens is 635 g/mol. The summed E-state index contributed by atoms with van der Waals surface area (Å²) < 4.78 is 8.80. The highest BCUT2D eigenvalue weighted by atomic mass is 16.3. The molecule has 0 spiro atoms. The summed E-state index contributed by atoms with van der Waals surface area (Å²) in [6.45, 7) is 8.06. The monoisotopic (exact) mass is 663 g/mol. The molecule has 0 saturated heterocycles. The lowest BCUT2D eigenvalue weighted by Gasteiger charge is -2.16. The van der Waals surface area contributed by atoms with E-state index in [1.165, 1.54) is 5.39 Å². The van der Waals surface area contributed by atoms with Crippen LogP contribution in [-0.4, -0.2) is 9.55 Å². The highest BCUT2D eigenvalue weighted by Gasteiger charge is 2.21. The Morgan fingerprint density at radius 2 is 1.10 bits per heavy atom. The summed E-state index contributed by atoms with van der Waals surface area (Å²) >= 11 is 0. The molecular formula is C48H29N3O. The summed E-state index contributed by atoms with van der Waals surface area (Å²) in [5.74, 6) is 0. The molecule has 0 saturated carbocycles. The van der Waals surface area contributed by atoms with Crippen molar-refractivity contribution in [2.75, 3.05) is 0 Å². The zero-order valence-electron chi connectivity index (χ0n) is 28.0. The number of aromatic nitrogens is 2. The highest BCUT2D eigenvalue weighted by molar-refractivity contribution is 6.24. The molecule has 0 bridgehead atoms. The standard InChI is InChI=1S/C48H29N3O/c1-49-41-21-11-8-18-37(41)35-26-33(34-29-42(31-14-4-2-5-15-31)50-43(30-34)32-16-6-3-7-17-32)27-36(28-35)51-44-22-12-9-19-38(44)39-24-25-46-47(48(39)51)40-20-10-13-23-45(40)52-46/h2-30H. The van der Waals surface area contributed by atoms with E-state index in [1.807, 2.05) is 48.5 Å². The summed E-state index contributed by atoms with van der Waals surface area (Å²) in [7, 11) is 0. The SMILES string of the molecule is [C-]#[N+]c1ccccc1-c1cc(-c2cc(-c3ccccc3)nc(-c3ccccc3)c2)cc(-n2c3ccccc3c3ccc4oc5ccccc5c4c32)c1. The van der Waals surface area contributed by atoms with Crippen LogP contribution in [0.15, 0.2) is 180 Å². The quantitative estimate of drug-likeness (QED) is 0.172. The van der Waals surface area contributed by atoms with Crippen LogP contribution in [0.4, 0.5) is 5.69 Å². The van der Waals surface area contributed by atoms with E-state index >= 15 is 0 Å². The largest absolute Gasteiger partial charge is 0.456 e. The number of hydrogen-bond acceptors (Lipinski definition) is 2. The molecule has 52 heavy (non-hydrogen) atoms. The van der Waals surface area contributed by atoms with Crippen LogP contribution in [0.5, 0.6) is 0 Å². The lowest BCUT2D eigenvalue weighted by molar-refractivity contribution is 0.669. The Kier molecular flexibility index (Phi) is 6.84. The first-order valence-electron chi connectivity index (χ1n) is 17.3. The van der Waals surface area contributed by atoms with Crippen LogP contribution in [0.3, 0.4) is 0 Å². The number of fused-ring (bicyclic) bond motifs is 7. The number of furan rings is 1. The van der Waals surface area contributed by atoms with Gasteiger partial charge in [-0.3, -0.25) is 0 Å². The predicted octanol–water partition coefficient (Wildman–Crippen LogP) is 13.3. The Hall–Kier alpha value is -7.22. The van der Waals surface area contributed by atoms with E-state index in [2.05, 4.69) is 137 Å². The molecule has 10 rings (SSSR count). The van der Waals surface area contributed by atoms with Crippen molar-refractivity contribution in [3.8, 4) is 50.5 Å². The lowest BCUT2D eigenvalue weighted by Crippen LogP contribution is -1.97. The average Bonchev–Trinajstić information content (AvgIpc) is 3.77. The van der Waals surface area contributed by atoms with Gasteiger partial charge in [0.05, 0.1) is 34.4 Å². The molecule has 0 amide bonds. The van der Waals surface area contributed by atoms with E-state index in [0.717, 1.165) is 88.8 Å². The first-order valence-corrected chi connectivity index (χ1v) is 17.3. The van der Waals surface area contributed by atoms with Crippen LogP contribution in [-0.2, 0) is 0 Å². The van der Waals surface area contributed by atoms with Crippen molar-refractivity contribution in [3.63, 3.8) is 0 Å². The molecule has 0 unspecified atom stereocenters. The number of hydrogen-bond donors (Lipinski definition) is 0. The Morgan fingerprint density at radius 3 is 1.85 bits per heavy atom. The number of benzene rings is 7. The fourth-order valence-corrected chi connectivity index (χ4v) is 7.62. The van der Waals surface area contributed by atoms with Crippen LogP contribution in [0.25, 0.3) is 99.0 Å². The van der Waals surface area contributed by atoms with Gasteiger partial charge in [0.15, 0.2) is 5.69 Å². The minimum absolute atomic E-state index is 0.612. The molecule has 0 atom stereocenters. The van der Waals surface area contributed by atoms with Gasteiger partial charge in [-0.25, -0.2) is 9.83 Å². The minimum Gasteiger partial charge on any atom is -0.456 e. The topological polar surface area (TPSA) is 35.3 Å². The molecule has 0 aliphatic carbocycles. The normalized spacial score (nSPS) is 11.4. The van der Waals surface area contributed by atoms with Crippen molar-refractivity contribution in [2.24, 2.45) is 0 Å². The third-order valence-corrected chi connectivity index (χ3v) is 9.98. The minimum atomic E-state index is 0.612. The highest BCUT2D eigenvalue weighted by Crippen LogP contribution is 2.43. The van der Waals surface area contributed by atoms with Gasteiger partial charge in [-0.2, -0.15) is 0 Å². The van der Waals surface area contributed by atoms with E-state index in [9.17, 15) is 0 Å². The molecule has 4 heteroatoms. The summed E-state index contributed by atoms with van der Waals surface area (Å²) in [5, 5.41) is 4.49. The molecule has 0 N–H and O–H groups in total. The smallest absolute Gasteiger partial charge is 0.194 e. The molecule has 0 fully saturated rings. The van der Waals surface area contributed by atoms with E-state index in [4.69, 9.17) is 16.0 Å². The zero-order chi connectivity index (χ0) is 34.6. The maximum atomic E-state index is 8.06. The Balaban J connectivity index is 1.32. The van der Waals surface area contributed by atoms with Crippen molar-refractivity contribution in [1.29, 1.82) is 0 Å². The zero-order valence-corrected chi connectivity index (χ0v) is 28.0. The molecule has 0 radical (unpaired) electrons. The summed E-state index contributed by atoms with van der Waals surface area (Å²) in [6, 6.07) is 60.7. The second-order valence-corrected chi connectivity index (χ2v) is 13.0. The molecule has 0 aliphatic heterocycles. The lowest BCUT2D eigenvalue weighted by atomic mass is 9.95. The van der Waals surface area contributed by atoms with Crippen molar-refractivity contribution >= 4 is 49.4 Å². The van der Waals surface area contributed by atoms with Crippen LogP contribution in [0, 0.1) is 6.57 Å². The van der Waals surface area contributed by atoms with Gasteiger partial charge in [-0.15, -0.1) is 0 Å². The summed E-state index contributed by atoms with van der Waals surface area (Å²) in [5.41, 5.74) is 13.3. The number of nitrogens with zero attached hydrogens (tertiary/aromatic N) is 3. The van der Waals surface area contributed by atoms with Gasteiger partial charge in [0.2, 0.25) is 0 Å². The van der Waals surface area contributed by atoms with Crippen molar-refractivity contribution in [2.45, 2.75) is 0 Å². The van der Waals surface area contributed by atoms with E-state index in [1.54, 1.807) is 0 Å². The second kappa shape index (κ2) is 12.0. The van der Waals surface area contributed by atoms with Crippen LogP contribution in [0.1, 0.15) is 0 Å². The average molecular weight is 664 g/mol. The number of pyridine rings is 1. The molecule has 0 aliphatic rings. The Bertz CT molecular complexity index is 2960. The van der Waals surface area contributed by atoms with Gasteiger partial charge in [0.1, 0.15) is 11.2 Å². The third kappa shape index (κ3) is 4.80. The third-order valence-electron chi connectivity index (χ3n) is 9.98. The second-order valence-electron chi connectivity index (χ2n) is 13.0. The maximum absolute atomic E-state index is 8.06. The van der Waals surface area contributed by atoms with E-state index in [0.29, 0.717) is 5.69 Å². The van der Waals surface area contributed by atoms with Crippen LogP contribution in [0.2, 0.25) is 0 Å².